The molecule has 0 bridgehead atoms. The molecule has 4 atom stereocenters. The third-order valence-electron chi connectivity index (χ3n) is 3.06. The summed E-state index contributed by atoms with van der Waals surface area (Å²) in [6, 6.07) is 0. The first-order valence-corrected chi connectivity index (χ1v) is 5.69. The second kappa shape index (κ2) is 3.17. The zero-order chi connectivity index (χ0) is 11.6. The third kappa shape index (κ3) is 1.67. The van der Waals surface area contributed by atoms with Crippen LogP contribution in [0.2, 0.25) is 0 Å². The second-order valence-electron chi connectivity index (χ2n) is 5.44. The predicted molar refractivity (Wildman–Crippen MR) is 53.6 cm³/mol. The van der Waals surface area contributed by atoms with Gasteiger partial charge in [0.05, 0.1) is 6.61 Å². The van der Waals surface area contributed by atoms with E-state index < -0.39 is 11.6 Å². The van der Waals surface area contributed by atoms with Gasteiger partial charge < -0.3 is 23.7 Å². The van der Waals surface area contributed by atoms with Crippen LogP contribution in [-0.2, 0) is 23.7 Å². The summed E-state index contributed by atoms with van der Waals surface area (Å²) in [5.74, 6) is -1.18. The summed E-state index contributed by atoms with van der Waals surface area (Å²) < 4.78 is 28.6. The molecule has 5 nitrogen and oxygen atoms in total. The van der Waals surface area contributed by atoms with Gasteiger partial charge in [0.15, 0.2) is 17.9 Å². The van der Waals surface area contributed by atoms with E-state index in [1.54, 1.807) is 0 Å². The van der Waals surface area contributed by atoms with Crippen molar-refractivity contribution >= 4 is 0 Å². The lowest BCUT2D eigenvalue weighted by atomic mass is 10.1. The molecular formula is C11H18O5. The van der Waals surface area contributed by atoms with Gasteiger partial charge >= 0.3 is 0 Å². The van der Waals surface area contributed by atoms with Crippen molar-refractivity contribution in [2.45, 2.75) is 63.9 Å². The fraction of sp³-hybridized carbons (Fsp3) is 1.00. The number of hydrogen-bond donors (Lipinski definition) is 0. The summed E-state index contributed by atoms with van der Waals surface area (Å²) in [6.07, 6.45) is -0.700. The third-order valence-corrected chi connectivity index (χ3v) is 3.06. The van der Waals surface area contributed by atoms with E-state index in [4.69, 9.17) is 23.7 Å². The molecule has 0 radical (unpaired) electrons. The molecule has 3 rings (SSSR count). The molecule has 0 amide bonds. The van der Waals surface area contributed by atoms with Gasteiger partial charge in [0.1, 0.15) is 18.3 Å². The van der Waals surface area contributed by atoms with E-state index in [9.17, 15) is 0 Å². The Hall–Kier alpha value is -0.200. The largest absolute Gasteiger partial charge is 0.347 e. The molecule has 0 unspecified atom stereocenters. The highest BCUT2D eigenvalue weighted by Crippen LogP contribution is 2.41. The zero-order valence-corrected chi connectivity index (χ0v) is 10.1. The Bertz CT molecular complexity index is 271. The first kappa shape index (κ1) is 10.9. The Morgan fingerprint density at radius 2 is 1.44 bits per heavy atom. The molecular weight excluding hydrogens is 212 g/mol. The van der Waals surface area contributed by atoms with Gasteiger partial charge in [0, 0.05) is 0 Å². The van der Waals surface area contributed by atoms with Crippen LogP contribution in [0.3, 0.4) is 0 Å². The van der Waals surface area contributed by atoms with Crippen molar-refractivity contribution in [1.82, 2.24) is 0 Å². The minimum absolute atomic E-state index is 0.0613. The van der Waals surface area contributed by atoms with Crippen molar-refractivity contribution in [3.05, 3.63) is 0 Å². The van der Waals surface area contributed by atoms with Crippen LogP contribution in [0.5, 0.6) is 0 Å². The Balaban J connectivity index is 1.81. The summed E-state index contributed by atoms with van der Waals surface area (Å²) in [5.41, 5.74) is 0. The fourth-order valence-electron chi connectivity index (χ4n) is 2.57. The SMILES string of the molecule is CC1(C)O[C@H]2OC[C@H]3OC(C)(C)O[C@H]3[C@H]2O1. The number of rotatable bonds is 0. The van der Waals surface area contributed by atoms with Gasteiger partial charge in [-0.05, 0) is 27.7 Å². The van der Waals surface area contributed by atoms with Gasteiger partial charge in [-0.2, -0.15) is 0 Å². The fourth-order valence-corrected chi connectivity index (χ4v) is 2.57. The predicted octanol–water partition coefficient (Wildman–Crippen LogP) is 1.01. The zero-order valence-electron chi connectivity index (χ0n) is 10.1. The normalized spacial score (nSPS) is 48.8. The van der Waals surface area contributed by atoms with Gasteiger partial charge in [0.25, 0.3) is 0 Å². The van der Waals surface area contributed by atoms with Crippen molar-refractivity contribution < 1.29 is 23.7 Å². The highest BCUT2D eigenvalue weighted by molar-refractivity contribution is 4.95. The molecule has 0 aliphatic carbocycles. The molecule has 3 fully saturated rings. The smallest absolute Gasteiger partial charge is 0.189 e. The van der Waals surface area contributed by atoms with Crippen molar-refractivity contribution in [2.24, 2.45) is 0 Å². The molecule has 3 aliphatic rings. The first-order valence-electron chi connectivity index (χ1n) is 5.69. The molecule has 0 N–H and O–H groups in total. The summed E-state index contributed by atoms with van der Waals surface area (Å²) >= 11 is 0. The molecule has 0 aromatic carbocycles. The minimum atomic E-state index is -0.611. The van der Waals surface area contributed by atoms with Crippen molar-refractivity contribution in [3.63, 3.8) is 0 Å². The van der Waals surface area contributed by atoms with E-state index in [0.29, 0.717) is 6.61 Å². The van der Waals surface area contributed by atoms with Gasteiger partial charge in [-0.15, -0.1) is 0 Å². The first-order chi connectivity index (χ1) is 7.36. The van der Waals surface area contributed by atoms with Crippen LogP contribution < -0.4 is 0 Å². The van der Waals surface area contributed by atoms with Crippen LogP contribution in [-0.4, -0.2) is 42.8 Å². The van der Waals surface area contributed by atoms with E-state index in [1.807, 2.05) is 27.7 Å². The van der Waals surface area contributed by atoms with Gasteiger partial charge in [0.2, 0.25) is 0 Å². The number of fused-ring (bicyclic) bond motifs is 3. The topological polar surface area (TPSA) is 46.2 Å². The molecule has 3 heterocycles. The summed E-state index contributed by atoms with van der Waals surface area (Å²) in [6.45, 7) is 8.06. The maximum atomic E-state index is 5.85. The minimum Gasteiger partial charge on any atom is -0.347 e. The lowest BCUT2D eigenvalue weighted by Crippen LogP contribution is -2.50. The van der Waals surface area contributed by atoms with E-state index in [1.165, 1.54) is 0 Å². The van der Waals surface area contributed by atoms with Crippen LogP contribution in [0, 0.1) is 0 Å². The van der Waals surface area contributed by atoms with Crippen LogP contribution in [0.25, 0.3) is 0 Å². The monoisotopic (exact) mass is 230 g/mol. The molecule has 3 saturated heterocycles. The van der Waals surface area contributed by atoms with Crippen molar-refractivity contribution in [2.75, 3.05) is 6.61 Å². The highest BCUT2D eigenvalue weighted by Gasteiger charge is 2.57. The molecule has 0 aromatic heterocycles. The average molecular weight is 230 g/mol. The molecule has 5 heteroatoms. The maximum absolute atomic E-state index is 5.85. The Labute approximate surface area is 94.9 Å². The summed E-state index contributed by atoms with van der Waals surface area (Å²) in [7, 11) is 0. The van der Waals surface area contributed by atoms with Crippen LogP contribution in [0.15, 0.2) is 0 Å². The van der Waals surface area contributed by atoms with E-state index in [-0.39, 0.29) is 24.6 Å². The summed E-state index contributed by atoms with van der Waals surface area (Å²) in [4.78, 5) is 0. The lowest BCUT2D eigenvalue weighted by Gasteiger charge is -2.30. The van der Waals surface area contributed by atoms with Crippen LogP contribution in [0.4, 0.5) is 0 Å². The Morgan fingerprint density at radius 3 is 2.19 bits per heavy atom. The second-order valence-corrected chi connectivity index (χ2v) is 5.44. The average Bonchev–Trinajstić information content (AvgIpc) is 2.58. The van der Waals surface area contributed by atoms with Gasteiger partial charge in [-0.25, -0.2) is 0 Å². The highest BCUT2D eigenvalue weighted by atomic mass is 16.8. The molecule has 16 heavy (non-hydrogen) atoms. The number of ether oxygens (including phenoxy) is 5. The van der Waals surface area contributed by atoms with E-state index >= 15 is 0 Å². The maximum Gasteiger partial charge on any atom is 0.189 e. The number of hydrogen-bond acceptors (Lipinski definition) is 5. The molecule has 0 saturated carbocycles. The van der Waals surface area contributed by atoms with Crippen molar-refractivity contribution in [3.8, 4) is 0 Å². The quantitative estimate of drug-likeness (QED) is 0.621. The molecule has 92 valence electrons. The van der Waals surface area contributed by atoms with Gasteiger partial charge in [-0.1, -0.05) is 0 Å². The standard InChI is InChI=1S/C11H18O5/c1-10(2)13-6-5-12-9-8(7(6)14-10)15-11(3,4)16-9/h6-9H,5H2,1-4H3/t6-,7-,8-,9-/m1/s1. The molecule has 0 aromatic rings. The Morgan fingerprint density at radius 1 is 0.812 bits per heavy atom. The Kier molecular flexibility index (Phi) is 2.17. The van der Waals surface area contributed by atoms with E-state index in [2.05, 4.69) is 0 Å². The van der Waals surface area contributed by atoms with E-state index in [0.717, 1.165) is 0 Å². The van der Waals surface area contributed by atoms with Crippen molar-refractivity contribution in [1.29, 1.82) is 0 Å². The molecule has 3 aliphatic heterocycles. The van der Waals surface area contributed by atoms with Crippen LogP contribution in [0.1, 0.15) is 27.7 Å². The summed E-state index contributed by atoms with van der Waals surface area (Å²) in [5, 5.41) is 0. The van der Waals surface area contributed by atoms with Gasteiger partial charge in [-0.3, -0.25) is 0 Å². The molecule has 0 spiro atoms. The van der Waals surface area contributed by atoms with Crippen LogP contribution >= 0.6 is 0 Å². The lowest BCUT2D eigenvalue weighted by molar-refractivity contribution is -0.205.